The molecule has 1 aliphatic heterocycles. The van der Waals surface area contributed by atoms with Crippen LogP contribution in [0.5, 0.6) is 0 Å². The molecule has 0 fully saturated rings. The van der Waals surface area contributed by atoms with Gasteiger partial charge in [-0.15, -0.1) is 0 Å². The number of hydrogen-bond donors (Lipinski definition) is 1. The Kier molecular flexibility index (Phi) is 3.57. The van der Waals surface area contributed by atoms with E-state index in [-0.39, 0.29) is 11.4 Å². The molecule has 0 radical (unpaired) electrons. The Morgan fingerprint density at radius 2 is 2.16 bits per heavy atom. The molecular formula is C16H24N2O. The first kappa shape index (κ1) is 13.9. The number of carbonyl (C=O) groups is 1. The summed E-state index contributed by atoms with van der Waals surface area (Å²) in [4.78, 5) is 13.6. The zero-order chi connectivity index (χ0) is 14.2. The minimum absolute atomic E-state index is 0.0221. The highest BCUT2D eigenvalue weighted by atomic mass is 16.1. The molecule has 0 spiro atoms. The number of fused-ring (bicyclic) bond motifs is 1. The summed E-state index contributed by atoms with van der Waals surface area (Å²) in [7, 11) is 0. The molecule has 19 heavy (non-hydrogen) atoms. The Balaban J connectivity index is 2.47. The maximum atomic E-state index is 11.2. The number of rotatable bonds is 2. The van der Waals surface area contributed by atoms with Gasteiger partial charge in [-0.1, -0.05) is 13.0 Å². The van der Waals surface area contributed by atoms with Gasteiger partial charge in [-0.25, -0.2) is 0 Å². The SMILES string of the molecule is CCN1c2cc(NC(C)=O)ccc2[C@H](C)CC1(C)C. The van der Waals surface area contributed by atoms with E-state index < -0.39 is 0 Å². The quantitative estimate of drug-likeness (QED) is 0.878. The van der Waals surface area contributed by atoms with Gasteiger partial charge in [0.15, 0.2) is 0 Å². The molecule has 3 nitrogen and oxygen atoms in total. The van der Waals surface area contributed by atoms with Crippen molar-refractivity contribution in [2.75, 3.05) is 16.8 Å². The summed E-state index contributed by atoms with van der Waals surface area (Å²) in [5.41, 5.74) is 3.69. The number of nitrogens with one attached hydrogen (secondary N) is 1. The summed E-state index contributed by atoms with van der Waals surface area (Å²) >= 11 is 0. The molecular weight excluding hydrogens is 236 g/mol. The smallest absolute Gasteiger partial charge is 0.221 e. The third kappa shape index (κ3) is 2.60. The van der Waals surface area contributed by atoms with Crippen LogP contribution in [0.4, 0.5) is 11.4 Å². The fourth-order valence-corrected chi connectivity index (χ4v) is 3.37. The minimum Gasteiger partial charge on any atom is -0.366 e. The molecule has 0 aromatic heterocycles. The van der Waals surface area contributed by atoms with Crippen molar-refractivity contribution in [1.29, 1.82) is 0 Å². The van der Waals surface area contributed by atoms with E-state index in [2.05, 4.69) is 50.0 Å². The summed E-state index contributed by atoms with van der Waals surface area (Å²) in [6.45, 7) is 11.6. The highest BCUT2D eigenvalue weighted by Crippen LogP contribution is 2.43. The second-order valence-corrected chi connectivity index (χ2v) is 6.12. The first-order chi connectivity index (χ1) is 8.85. The number of benzene rings is 1. The van der Waals surface area contributed by atoms with Crippen molar-refractivity contribution in [3.8, 4) is 0 Å². The molecule has 1 N–H and O–H groups in total. The van der Waals surface area contributed by atoms with Gasteiger partial charge in [0.25, 0.3) is 0 Å². The first-order valence-electron chi connectivity index (χ1n) is 7.04. The van der Waals surface area contributed by atoms with Crippen molar-refractivity contribution in [3.63, 3.8) is 0 Å². The van der Waals surface area contributed by atoms with E-state index in [1.165, 1.54) is 11.3 Å². The lowest BCUT2D eigenvalue weighted by Gasteiger charge is -2.47. The standard InChI is InChI=1S/C16H24N2O/c1-6-18-15-9-13(17-12(3)19)7-8-14(15)11(2)10-16(18,4)5/h7-9,11H,6,10H2,1-5H3,(H,17,19)/t11-/m1/s1. The maximum absolute atomic E-state index is 11.2. The van der Waals surface area contributed by atoms with Crippen LogP contribution in [0.1, 0.15) is 52.5 Å². The zero-order valence-corrected chi connectivity index (χ0v) is 12.6. The average molecular weight is 260 g/mol. The average Bonchev–Trinajstić information content (AvgIpc) is 2.26. The van der Waals surface area contributed by atoms with Crippen LogP contribution in [0.15, 0.2) is 18.2 Å². The van der Waals surface area contributed by atoms with E-state index in [1.807, 2.05) is 6.07 Å². The van der Waals surface area contributed by atoms with Crippen LogP contribution in [0.3, 0.4) is 0 Å². The molecule has 0 aliphatic carbocycles. The van der Waals surface area contributed by atoms with E-state index in [0.717, 1.165) is 18.7 Å². The molecule has 1 aliphatic rings. The van der Waals surface area contributed by atoms with Crippen LogP contribution in [-0.2, 0) is 4.79 Å². The molecule has 104 valence electrons. The Morgan fingerprint density at radius 1 is 1.47 bits per heavy atom. The van der Waals surface area contributed by atoms with Crippen LogP contribution < -0.4 is 10.2 Å². The van der Waals surface area contributed by atoms with Gasteiger partial charge in [-0.05, 0) is 50.8 Å². The van der Waals surface area contributed by atoms with E-state index in [4.69, 9.17) is 0 Å². The first-order valence-corrected chi connectivity index (χ1v) is 7.04. The molecule has 3 heteroatoms. The number of amides is 1. The highest BCUT2D eigenvalue weighted by Gasteiger charge is 2.35. The fraction of sp³-hybridized carbons (Fsp3) is 0.562. The molecule has 1 heterocycles. The lowest BCUT2D eigenvalue weighted by atomic mass is 9.80. The highest BCUT2D eigenvalue weighted by molar-refractivity contribution is 5.89. The summed E-state index contributed by atoms with van der Waals surface area (Å²) in [6.07, 6.45) is 1.16. The van der Waals surface area contributed by atoms with Gasteiger partial charge >= 0.3 is 0 Å². The lowest BCUT2D eigenvalue weighted by molar-refractivity contribution is -0.114. The van der Waals surface area contributed by atoms with Gasteiger partial charge in [-0.2, -0.15) is 0 Å². The topological polar surface area (TPSA) is 32.3 Å². The summed E-state index contributed by atoms with van der Waals surface area (Å²) in [6, 6.07) is 6.27. The van der Waals surface area contributed by atoms with Gasteiger partial charge in [0.2, 0.25) is 5.91 Å². The van der Waals surface area contributed by atoms with Crippen molar-refractivity contribution < 1.29 is 4.79 Å². The number of carbonyl (C=O) groups excluding carboxylic acids is 1. The van der Waals surface area contributed by atoms with E-state index >= 15 is 0 Å². The zero-order valence-electron chi connectivity index (χ0n) is 12.6. The minimum atomic E-state index is -0.0221. The number of hydrogen-bond acceptors (Lipinski definition) is 2. The number of nitrogens with zero attached hydrogens (tertiary/aromatic N) is 1. The van der Waals surface area contributed by atoms with Crippen LogP contribution in [0, 0.1) is 0 Å². The second kappa shape index (κ2) is 4.87. The molecule has 1 aromatic rings. The van der Waals surface area contributed by atoms with Gasteiger partial charge in [-0.3, -0.25) is 4.79 Å². The van der Waals surface area contributed by atoms with Gasteiger partial charge in [0, 0.05) is 30.4 Å². The number of anilines is 2. The molecule has 0 unspecified atom stereocenters. The monoisotopic (exact) mass is 260 g/mol. The van der Waals surface area contributed by atoms with Gasteiger partial charge < -0.3 is 10.2 Å². The maximum Gasteiger partial charge on any atom is 0.221 e. The van der Waals surface area contributed by atoms with E-state index in [1.54, 1.807) is 6.92 Å². The van der Waals surface area contributed by atoms with Crippen molar-refractivity contribution >= 4 is 17.3 Å². The predicted molar refractivity (Wildman–Crippen MR) is 80.9 cm³/mol. The third-order valence-corrected chi connectivity index (χ3v) is 4.03. The summed E-state index contributed by atoms with van der Waals surface area (Å²) in [5, 5.41) is 2.88. The van der Waals surface area contributed by atoms with Crippen molar-refractivity contribution in [2.24, 2.45) is 0 Å². The van der Waals surface area contributed by atoms with Crippen molar-refractivity contribution in [2.45, 2.75) is 52.5 Å². The Morgan fingerprint density at radius 3 is 2.74 bits per heavy atom. The van der Waals surface area contributed by atoms with Crippen molar-refractivity contribution in [3.05, 3.63) is 23.8 Å². The Labute approximate surface area is 116 Å². The fourth-order valence-electron chi connectivity index (χ4n) is 3.37. The normalized spacial score (nSPS) is 20.9. The summed E-state index contributed by atoms with van der Waals surface area (Å²) in [5.74, 6) is 0.533. The van der Waals surface area contributed by atoms with Crippen LogP contribution in [0.25, 0.3) is 0 Å². The van der Waals surface area contributed by atoms with E-state index in [9.17, 15) is 4.79 Å². The molecule has 0 saturated heterocycles. The molecule has 0 bridgehead atoms. The Bertz CT molecular complexity index is 494. The van der Waals surface area contributed by atoms with Gasteiger partial charge in [0.1, 0.15) is 0 Å². The van der Waals surface area contributed by atoms with Crippen LogP contribution in [0.2, 0.25) is 0 Å². The van der Waals surface area contributed by atoms with E-state index in [0.29, 0.717) is 5.92 Å². The van der Waals surface area contributed by atoms with Crippen LogP contribution in [-0.4, -0.2) is 18.0 Å². The van der Waals surface area contributed by atoms with Gasteiger partial charge in [0.05, 0.1) is 0 Å². The third-order valence-electron chi connectivity index (χ3n) is 4.03. The lowest BCUT2D eigenvalue weighted by Crippen LogP contribution is -2.48. The largest absolute Gasteiger partial charge is 0.366 e. The molecule has 1 aromatic carbocycles. The molecule has 0 saturated carbocycles. The predicted octanol–water partition coefficient (Wildman–Crippen LogP) is 3.76. The van der Waals surface area contributed by atoms with Crippen molar-refractivity contribution in [1.82, 2.24) is 0 Å². The second-order valence-electron chi connectivity index (χ2n) is 6.12. The molecule has 1 amide bonds. The van der Waals surface area contributed by atoms with Crippen LogP contribution >= 0.6 is 0 Å². The molecule has 2 rings (SSSR count). The molecule has 1 atom stereocenters. The Hall–Kier alpha value is -1.51. The summed E-state index contributed by atoms with van der Waals surface area (Å²) < 4.78 is 0.